The number of rotatable bonds is 4. The summed E-state index contributed by atoms with van der Waals surface area (Å²) in [6, 6.07) is 2.05. The van der Waals surface area contributed by atoms with Crippen LogP contribution in [-0.4, -0.2) is 42.3 Å². The quantitative estimate of drug-likeness (QED) is 0.848. The van der Waals surface area contributed by atoms with Gasteiger partial charge >= 0.3 is 5.97 Å². The summed E-state index contributed by atoms with van der Waals surface area (Å²) in [5, 5.41) is 10.6. The largest absolute Gasteiger partial charge is 0.478 e. The maximum absolute atomic E-state index is 10.4. The molecule has 2 rings (SSSR count). The molecule has 2 heterocycles. The molecule has 1 aliphatic rings. The van der Waals surface area contributed by atoms with Crippen LogP contribution in [0.1, 0.15) is 16.9 Å². The van der Waals surface area contributed by atoms with E-state index in [1.165, 1.54) is 11.0 Å². The lowest BCUT2D eigenvalue weighted by Gasteiger charge is -2.17. The minimum absolute atomic E-state index is 0.803. The molecule has 0 bridgehead atoms. The van der Waals surface area contributed by atoms with Crippen molar-refractivity contribution in [2.45, 2.75) is 13.0 Å². The fraction of sp³-hybridized carbons (Fsp3) is 0.462. The molecule has 1 N–H and O–H groups in total. The molecule has 0 spiro atoms. The summed E-state index contributed by atoms with van der Waals surface area (Å²) in [6.45, 7) is 4.62. The van der Waals surface area contributed by atoms with Crippen molar-refractivity contribution >= 4 is 23.4 Å². The molecule has 0 radical (unpaired) electrons. The van der Waals surface area contributed by atoms with Crippen LogP contribution in [0.4, 0.5) is 0 Å². The maximum Gasteiger partial charge on any atom is 0.328 e. The maximum atomic E-state index is 10.4. The predicted molar refractivity (Wildman–Crippen MR) is 71.7 cm³/mol. The summed E-state index contributed by atoms with van der Waals surface area (Å²) in [7, 11) is 0. The Hall–Kier alpha value is -1.17. The van der Waals surface area contributed by atoms with E-state index in [0.29, 0.717) is 0 Å². The van der Waals surface area contributed by atoms with Gasteiger partial charge in [0.25, 0.3) is 0 Å². The van der Waals surface area contributed by atoms with Crippen LogP contribution in [0.25, 0.3) is 6.08 Å². The van der Waals surface area contributed by atoms with Crippen LogP contribution >= 0.6 is 11.3 Å². The molecule has 0 aliphatic carbocycles. The van der Waals surface area contributed by atoms with Crippen LogP contribution in [0, 0.1) is 0 Å². The predicted octanol–water partition coefficient (Wildman–Crippen LogP) is 2.07. The second-order valence-corrected chi connectivity index (χ2v) is 5.26. The Bertz CT molecular complexity index is 420. The molecule has 4 nitrogen and oxygen atoms in total. The average Bonchev–Trinajstić information content (AvgIpc) is 2.62. The highest BCUT2D eigenvalue weighted by molar-refractivity contribution is 7.10. The highest BCUT2D eigenvalue weighted by Crippen LogP contribution is 2.18. The highest BCUT2D eigenvalue weighted by atomic mass is 32.1. The van der Waals surface area contributed by atoms with Gasteiger partial charge in [-0.05, 0) is 29.5 Å². The second kappa shape index (κ2) is 6.68. The van der Waals surface area contributed by atoms with E-state index in [2.05, 4.69) is 11.0 Å². The summed E-state index contributed by atoms with van der Waals surface area (Å²) in [5.74, 6) is -0.910. The van der Waals surface area contributed by atoms with Gasteiger partial charge in [-0.2, -0.15) is 0 Å². The monoisotopic (exact) mass is 267 g/mol. The molecule has 0 unspecified atom stereocenters. The Balaban J connectivity index is 1.91. The van der Waals surface area contributed by atoms with Crippen LogP contribution in [0.3, 0.4) is 0 Å². The van der Waals surface area contributed by atoms with Crippen molar-refractivity contribution in [2.24, 2.45) is 0 Å². The van der Waals surface area contributed by atoms with E-state index in [9.17, 15) is 4.79 Å². The van der Waals surface area contributed by atoms with Crippen LogP contribution in [0.2, 0.25) is 0 Å². The molecule has 1 aromatic heterocycles. The number of thiophene rings is 1. The molecular weight excluding hydrogens is 250 g/mol. The first-order valence-electron chi connectivity index (χ1n) is 6.02. The molecule has 1 fully saturated rings. The zero-order chi connectivity index (χ0) is 12.8. The number of hydrogen-bond donors (Lipinski definition) is 1. The Morgan fingerprint density at radius 1 is 1.50 bits per heavy atom. The van der Waals surface area contributed by atoms with Crippen LogP contribution in [-0.2, 0) is 16.1 Å². The Morgan fingerprint density at radius 2 is 2.39 bits per heavy atom. The van der Waals surface area contributed by atoms with Crippen molar-refractivity contribution in [3.63, 3.8) is 0 Å². The van der Waals surface area contributed by atoms with E-state index < -0.39 is 5.97 Å². The molecule has 1 saturated heterocycles. The summed E-state index contributed by atoms with van der Waals surface area (Å²) in [5.41, 5.74) is 0.962. The number of carboxylic acids is 1. The summed E-state index contributed by atoms with van der Waals surface area (Å²) < 4.78 is 5.42. The lowest BCUT2D eigenvalue weighted by atomic mass is 10.2. The van der Waals surface area contributed by atoms with Crippen LogP contribution < -0.4 is 0 Å². The number of carboxylic acid groups (broad SMARTS) is 1. The third kappa shape index (κ3) is 4.25. The van der Waals surface area contributed by atoms with Gasteiger partial charge in [0.1, 0.15) is 0 Å². The fourth-order valence-electron chi connectivity index (χ4n) is 1.91. The van der Waals surface area contributed by atoms with Gasteiger partial charge in [0.05, 0.1) is 6.61 Å². The standard InChI is InChI=1S/C13H17NO3S/c15-13(16)3-2-11-8-12(18-10-11)9-14-4-1-6-17-7-5-14/h2-3,8,10H,1,4-7,9H2,(H,15,16). The SMILES string of the molecule is O=C(O)C=Cc1csc(CN2CCCOCC2)c1. The summed E-state index contributed by atoms with van der Waals surface area (Å²) in [4.78, 5) is 14.1. The van der Waals surface area contributed by atoms with Crippen molar-refractivity contribution in [2.75, 3.05) is 26.3 Å². The molecule has 0 aromatic carbocycles. The Morgan fingerprint density at radius 3 is 3.22 bits per heavy atom. The van der Waals surface area contributed by atoms with Gasteiger partial charge in [0.2, 0.25) is 0 Å². The smallest absolute Gasteiger partial charge is 0.328 e. The molecule has 5 heteroatoms. The number of carbonyl (C=O) groups is 1. The molecule has 0 atom stereocenters. The second-order valence-electron chi connectivity index (χ2n) is 4.26. The first kappa shape index (κ1) is 13.3. The van der Waals surface area contributed by atoms with Crippen LogP contribution in [0.15, 0.2) is 17.5 Å². The first-order valence-corrected chi connectivity index (χ1v) is 6.90. The van der Waals surface area contributed by atoms with E-state index in [1.54, 1.807) is 17.4 Å². The minimum Gasteiger partial charge on any atom is -0.478 e. The number of nitrogens with zero attached hydrogens (tertiary/aromatic N) is 1. The van der Waals surface area contributed by atoms with Gasteiger partial charge in [-0.3, -0.25) is 4.90 Å². The number of aliphatic carboxylic acids is 1. The molecule has 0 saturated carbocycles. The topological polar surface area (TPSA) is 49.8 Å². The molecular formula is C13H17NO3S. The van der Waals surface area contributed by atoms with Gasteiger partial charge < -0.3 is 9.84 Å². The van der Waals surface area contributed by atoms with Crippen molar-refractivity contribution in [1.82, 2.24) is 4.90 Å². The highest BCUT2D eigenvalue weighted by Gasteiger charge is 2.10. The number of hydrogen-bond acceptors (Lipinski definition) is 4. The van der Waals surface area contributed by atoms with Gasteiger partial charge in [-0.25, -0.2) is 4.79 Å². The van der Waals surface area contributed by atoms with Gasteiger partial charge in [-0.15, -0.1) is 11.3 Å². The Kier molecular flexibility index (Phi) is 4.92. The minimum atomic E-state index is -0.910. The molecule has 98 valence electrons. The summed E-state index contributed by atoms with van der Waals surface area (Å²) >= 11 is 1.67. The van der Waals surface area contributed by atoms with Gasteiger partial charge in [0.15, 0.2) is 0 Å². The molecule has 1 aliphatic heterocycles. The average molecular weight is 267 g/mol. The zero-order valence-corrected chi connectivity index (χ0v) is 11.0. The molecule has 1 aromatic rings. The zero-order valence-electron chi connectivity index (χ0n) is 10.2. The van der Waals surface area contributed by atoms with Gasteiger partial charge in [-0.1, -0.05) is 0 Å². The fourth-order valence-corrected chi connectivity index (χ4v) is 2.81. The normalized spacial score (nSPS) is 18.0. The lowest BCUT2D eigenvalue weighted by molar-refractivity contribution is -0.131. The van der Waals surface area contributed by atoms with Crippen molar-refractivity contribution < 1.29 is 14.6 Å². The van der Waals surface area contributed by atoms with Crippen molar-refractivity contribution in [3.8, 4) is 0 Å². The molecule has 18 heavy (non-hydrogen) atoms. The van der Waals surface area contributed by atoms with E-state index in [0.717, 1.165) is 44.8 Å². The third-order valence-electron chi connectivity index (χ3n) is 2.79. The third-order valence-corrected chi connectivity index (χ3v) is 3.73. The van der Waals surface area contributed by atoms with E-state index in [-0.39, 0.29) is 0 Å². The number of ether oxygens (including phenoxy) is 1. The molecule has 0 amide bonds. The van der Waals surface area contributed by atoms with Gasteiger partial charge in [0, 0.05) is 37.2 Å². The van der Waals surface area contributed by atoms with Crippen molar-refractivity contribution in [3.05, 3.63) is 28.0 Å². The van der Waals surface area contributed by atoms with Crippen LogP contribution in [0.5, 0.6) is 0 Å². The lowest BCUT2D eigenvalue weighted by Crippen LogP contribution is -2.25. The van der Waals surface area contributed by atoms with E-state index in [4.69, 9.17) is 9.84 Å². The van der Waals surface area contributed by atoms with E-state index in [1.807, 2.05) is 5.38 Å². The van der Waals surface area contributed by atoms with Crippen molar-refractivity contribution in [1.29, 1.82) is 0 Å². The van der Waals surface area contributed by atoms with E-state index >= 15 is 0 Å². The summed E-state index contributed by atoms with van der Waals surface area (Å²) in [6.07, 6.45) is 3.89. The first-order chi connectivity index (χ1) is 8.74. The Labute approximate surface area is 110 Å².